The van der Waals surface area contributed by atoms with Gasteiger partial charge in [-0.1, -0.05) is 23.4 Å². The minimum absolute atomic E-state index is 0.0173. The number of methoxy groups -OCH3 is 1. The smallest absolute Gasteiger partial charge is 0.303 e. The SMILES string of the molecule is COc1ccc2ncc(Cl)c(C(=O)CC[C@@H]3CCN(CCSc4nccs4)C[C@@H]3CC(=O)O)c2c1. The van der Waals surface area contributed by atoms with Gasteiger partial charge < -0.3 is 14.7 Å². The number of benzene rings is 1. The number of hydrogen-bond acceptors (Lipinski definition) is 8. The first-order valence-electron chi connectivity index (χ1n) is 11.6. The number of nitrogens with zero attached hydrogens (tertiary/aromatic N) is 3. The van der Waals surface area contributed by atoms with E-state index in [4.69, 9.17) is 16.3 Å². The van der Waals surface area contributed by atoms with Crippen molar-refractivity contribution in [1.29, 1.82) is 0 Å². The van der Waals surface area contributed by atoms with Crippen molar-refractivity contribution in [3.05, 3.63) is 46.6 Å². The molecule has 0 spiro atoms. The molecule has 186 valence electrons. The minimum Gasteiger partial charge on any atom is -0.497 e. The van der Waals surface area contributed by atoms with E-state index in [-0.39, 0.29) is 24.0 Å². The Kier molecular flexibility index (Phi) is 8.99. The van der Waals surface area contributed by atoms with E-state index < -0.39 is 5.97 Å². The molecule has 0 bridgehead atoms. The maximum atomic E-state index is 13.3. The average molecular weight is 534 g/mol. The van der Waals surface area contributed by atoms with Crippen LogP contribution in [-0.4, -0.2) is 64.2 Å². The predicted molar refractivity (Wildman–Crippen MR) is 140 cm³/mol. The van der Waals surface area contributed by atoms with Crippen molar-refractivity contribution in [2.24, 2.45) is 11.8 Å². The Labute approximate surface area is 217 Å². The highest BCUT2D eigenvalue weighted by Gasteiger charge is 2.31. The summed E-state index contributed by atoms with van der Waals surface area (Å²) in [5.74, 6) is 0.918. The number of aliphatic carboxylic acids is 1. The summed E-state index contributed by atoms with van der Waals surface area (Å²) in [6.07, 6.45) is 5.27. The first-order chi connectivity index (χ1) is 16.9. The zero-order chi connectivity index (χ0) is 24.8. The summed E-state index contributed by atoms with van der Waals surface area (Å²) in [5.41, 5.74) is 1.15. The van der Waals surface area contributed by atoms with Gasteiger partial charge >= 0.3 is 5.97 Å². The highest BCUT2D eigenvalue weighted by molar-refractivity contribution is 8.01. The number of Topliss-reactive ketones (excluding diaryl/α,β-unsaturated/α-hetero) is 1. The molecule has 1 aromatic carbocycles. The highest BCUT2D eigenvalue weighted by Crippen LogP contribution is 2.33. The maximum Gasteiger partial charge on any atom is 0.303 e. The molecule has 10 heteroatoms. The van der Waals surface area contributed by atoms with E-state index in [1.165, 1.54) is 6.20 Å². The lowest BCUT2D eigenvalue weighted by Crippen LogP contribution is -2.42. The second-order valence-corrected chi connectivity index (χ2v) is 11.3. The number of likely N-dealkylation sites (tertiary alicyclic amines) is 1. The van der Waals surface area contributed by atoms with Crippen LogP contribution in [0.4, 0.5) is 0 Å². The third-order valence-corrected chi connectivity index (χ3v) is 8.74. The molecule has 1 N–H and O–H groups in total. The van der Waals surface area contributed by atoms with Crippen molar-refractivity contribution >= 4 is 57.4 Å². The number of carboxylic acid groups (broad SMARTS) is 1. The van der Waals surface area contributed by atoms with Gasteiger partial charge in [-0.25, -0.2) is 4.98 Å². The predicted octanol–water partition coefficient (Wildman–Crippen LogP) is 5.52. The fourth-order valence-corrected chi connectivity index (χ4v) is 6.70. The zero-order valence-electron chi connectivity index (χ0n) is 19.5. The Morgan fingerprint density at radius 3 is 2.91 bits per heavy atom. The molecule has 4 rings (SSSR count). The standard InChI is InChI=1S/C25H28ClN3O4S2/c1-33-18-3-4-21-19(13-18)24(20(26)14-28-21)22(30)5-2-16-6-8-29(15-17(16)12-23(31)32)9-11-35-25-27-7-10-34-25/h3-4,7,10,13-14,16-17H,2,5-6,8-9,11-12,15H2,1H3,(H,31,32)/t16-,17+/m1/s1. The summed E-state index contributed by atoms with van der Waals surface area (Å²) in [6.45, 7) is 2.54. The topological polar surface area (TPSA) is 92.6 Å². The molecule has 7 nitrogen and oxygen atoms in total. The Balaban J connectivity index is 1.39. The Morgan fingerprint density at radius 1 is 1.31 bits per heavy atom. The van der Waals surface area contributed by atoms with Crippen LogP contribution in [0.5, 0.6) is 5.75 Å². The van der Waals surface area contributed by atoms with Gasteiger partial charge in [0.2, 0.25) is 0 Å². The van der Waals surface area contributed by atoms with E-state index in [0.717, 1.165) is 36.1 Å². The number of piperidine rings is 1. The number of aromatic nitrogens is 2. The monoisotopic (exact) mass is 533 g/mol. The molecule has 1 aliphatic rings. The van der Waals surface area contributed by atoms with Crippen LogP contribution in [0.1, 0.15) is 36.0 Å². The van der Waals surface area contributed by atoms with Gasteiger partial charge in [0.15, 0.2) is 5.78 Å². The van der Waals surface area contributed by atoms with Crippen LogP contribution in [-0.2, 0) is 4.79 Å². The van der Waals surface area contributed by atoms with E-state index in [9.17, 15) is 14.7 Å². The summed E-state index contributed by atoms with van der Waals surface area (Å²) in [5, 5.41) is 12.5. The molecule has 0 amide bonds. The number of carboxylic acids is 1. The van der Waals surface area contributed by atoms with Crippen molar-refractivity contribution in [3.8, 4) is 5.75 Å². The number of ketones is 1. The van der Waals surface area contributed by atoms with E-state index in [1.807, 2.05) is 11.4 Å². The molecule has 1 saturated heterocycles. The molecule has 35 heavy (non-hydrogen) atoms. The molecule has 0 unspecified atom stereocenters. The lowest BCUT2D eigenvalue weighted by molar-refractivity contribution is -0.139. The van der Waals surface area contributed by atoms with E-state index >= 15 is 0 Å². The van der Waals surface area contributed by atoms with Crippen molar-refractivity contribution < 1.29 is 19.4 Å². The quantitative estimate of drug-likeness (QED) is 0.254. The summed E-state index contributed by atoms with van der Waals surface area (Å²) >= 11 is 9.77. The first-order valence-corrected chi connectivity index (χ1v) is 13.8. The maximum absolute atomic E-state index is 13.3. The van der Waals surface area contributed by atoms with Crippen molar-refractivity contribution in [3.63, 3.8) is 0 Å². The van der Waals surface area contributed by atoms with E-state index in [2.05, 4.69) is 14.9 Å². The number of halogens is 1. The number of carbonyl (C=O) groups is 2. The number of ether oxygens (including phenoxy) is 1. The average Bonchev–Trinajstić information content (AvgIpc) is 3.36. The third kappa shape index (κ3) is 6.73. The summed E-state index contributed by atoms with van der Waals surface area (Å²) < 4.78 is 6.37. The molecular weight excluding hydrogens is 506 g/mol. The van der Waals surface area contributed by atoms with Crippen molar-refractivity contribution in [2.45, 2.75) is 30.0 Å². The van der Waals surface area contributed by atoms with Gasteiger partial charge in [-0.15, -0.1) is 11.3 Å². The molecule has 2 atom stereocenters. The fraction of sp³-hybridized carbons (Fsp3) is 0.440. The van der Waals surface area contributed by atoms with Crippen LogP contribution in [0.2, 0.25) is 5.02 Å². The molecule has 0 radical (unpaired) electrons. The van der Waals surface area contributed by atoms with Gasteiger partial charge in [0.1, 0.15) is 10.1 Å². The van der Waals surface area contributed by atoms with Gasteiger partial charge in [-0.05, 0) is 49.4 Å². The minimum atomic E-state index is -0.791. The highest BCUT2D eigenvalue weighted by atomic mass is 35.5. The van der Waals surface area contributed by atoms with Gasteiger partial charge in [0.25, 0.3) is 0 Å². The van der Waals surface area contributed by atoms with Crippen LogP contribution in [0.15, 0.2) is 40.3 Å². The van der Waals surface area contributed by atoms with E-state index in [0.29, 0.717) is 40.1 Å². The van der Waals surface area contributed by atoms with E-state index in [1.54, 1.807) is 48.5 Å². The van der Waals surface area contributed by atoms with Gasteiger partial charge in [0.05, 0.1) is 17.6 Å². The second-order valence-electron chi connectivity index (χ2n) is 8.68. The Morgan fingerprint density at radius 2 is 2.17 bits per heavy atom. The number of rotatable bonds is 11. The van der Waals surface area contributed by atoms with Crippen molar-refractivity contribution in [2.75, 3.05) is 32.5 Å². The lowest BCUT2D eigenvalue weighted by Gasteiger charge is -2.38. The number of pyridine rings is 1. The number of thiazole rings is 1. The molecular formula is C25H28ClN3O4S2. The normalized spacial score (nSPS) is 18.6. The Bertz CT molecular complexity index is 1170. The van der Waals surface area contributed by atoms with Crippen LogP contribution < -0.4 is 4.74 Å². The van der Waals surface area contributed by atoms with Gasteiger partial charge in [0, 0.05) is 60.4 Å². The summed E-state index contributed by atoms with van der Waals surface area (Å²) in [4.78, 5) is 35.8. The summed E-state index contributed by atoms with van der Waals surface area (Å²) in [7, 11) is 1.58. The number of carbonyl (C=O) groups excluding carboxylic acids is 1. The van der Waals surface area contributed by atoms with Crippen LogP contribution >= 0.6 is 34.7 Å². The van der Waals surface area contributed by atoms with Gasteiger partial charge in [-0.2, -0.15) is 0 Å². The van der Waals surface area contributed by atoms with Gasteiger partial charge in [-0.3, -0.25) is 14.6 Å². The largest absolute Gasteiger partial charge is 0.497 e. The van der Waals surface area contributed by atoms with Crippen molar-refractivity contribution in [1.82, 2.24) is 14.9 Å². The molecule has 3 heterocycles. The zero-order valence-corrected chi connectivity index (χ0v) is 21.9. The number of fused-ring (bicyclic) bond motifs is 1. The molecule has 2 aromatic heterocycles. The first kappa shape index (κ1) is 25.9. The van der Waals surface area contributed by atoms with Crippen LogP contribution in [0, 0.1) is 11.8 Å². The molecule has 1 fully saturated rings. The number of hydrogen-bond donors (Lipinski definition) is 1. The summed E-state index contributed by atoms with van der Waals surface area (Å²) in [6, 6.07) is 5.40. The lowest BCUT2D eigenvalue weighted by atomic mass is 9.79. The van der Waals surface area contributed by atoms with Crippen LogP contribution in [0.25, 0.3) is 10.9 Å². The molecule has 0 saturated carbocycles. The Hall–Kier alpha value is -2.20. The molecule has 3 aromatic rings. The second kappa shape index (κ2) is 12.2. The fourth-order valence-electron chi connectivity index (χ4n) is 4.74. The molecule has 0 aliphatic carbocycles. The number of thioether (sulfide) groups is 1. The molecule has 1 aliphatic heterocycles. The van der Waals surface area contributed by atoms with Crippen LogP contribution in [0.3, 0.4) is 0 Å². The third-order valence-electron chi connectivity index (χ3n) is 6.50.